The van der Waals surface area contributed by atoms with Crippen LogP contribution in [0.25, 0.3) is 11.1 Å². The molecular weight excluding hydrogens is 286 g/mol. The SMILES string of the molecule is Cc1c(CN2CCC(C(=O)O)CC2)cccc1-c1ccccc1. The van der Waals surface area contributed by atoms with Gasteiger partial charge in [0.05, 0.1) is 5.92 Å². The first kappa shape index (κ1) is 15.8. The van der Waals surface area contributed by atoms with Gasteiger partial charge in [0.1, 0.15) is 0 Å². The van der Waals surface area contributed by atoms with Crippen LogP contribution in [-0.2, 0) is 11.3 Å². The molecule has 3 nitrogen and oxygen atoms in total. The maximum atomic E-state index is 11.1. The fraction of sp³-hybridized carbons (Fsp3) is 0.350. The molecule has 1 saturated heterocycles. The van der Waals surface area contributed by atoms with Crippen molar-refractivity contribution in [1.82, 2.24) is 4.90 Å². The fourth-order valence-corrected chi connectivity index (χ4v) is 3.36. The van der Waals surface area contributed by atoms with Crippen LogP contribution >= 0.6 is 0 Å². The molecule has 2 aromatic rings. The van der Waals surface area contributed by atoms with Crippen LogP contribution in [0.2, 0.25) is 0 Å². The van der Waals surface area contributed by atoms with E-state index in [9.17, 15) is 4.79 Å². The van der Waals surface area contributed by atoms with Crippen LogP contribution in [0.5, 0.6) is 0 Å². The summed E-state index contributed by atoms with van der Waals surface area (Å²) in [6.07, 6.45) is 1.51. The first-order valence-corrected chi connectivity index (χ1v) is 8.24. The van der Waals surface area contributed by atoms with Crippen LogP contribution in [0.1, 0.15) is 24.0 Å². The highest BCUT2D eigenvalue weighted by molar-refractivity contribution is 5.70. The van der Waals surface area contributed by atoms with E-state index in [1.807, 2.05) is 6.07 Å². The highest BCUT2D eigenvalue weighted by Gasteiger charge is 2.24. The van der Waals surface area contributed by atoms with Gasteiger partial charge in [0.15, 0.2) is 0 Å². The topological polar surface area (TPSA) is 40.5 Å². The molecule has 0 aliphatic carbocycles. The number of carbonyl (C=O) groups is 1. The first-order valence-electron chi connectivity index (χ1n) is 8.24. The van der Waals surface area contributed by atoms with Crippen LogP contribution in [0.4, 0.5) is 0 Å². The molecule has 23 heavy (non-hydrogen) atoms. The van der Waals surface area contributed by atoms with Crippen molar-refractivity contribution in [1.29, 1.82) is 0 Å². The van der Waals surface area contributed by atoms with Crippen LogP contribution in [0, 0.1) is 12.8 Å². The van der Waals surface area contributed by atoms with Gasteiger partial charge >= 0.3 is 5.97 Å². The van der Waals surface area contributed by atoms with Crippen molar-refractivity contribution in [3.8, 4) is 11.1 Å². The lowest BCUT2D eigenvalue weighted by Crippen LogP contribution is -2.36. The molecule has 3 heteroatoms. The van der Waals surface area contributed by atoms with E-state index in [4.69, 9.17) is 5.11 Å². The summed E-state index contributed by atoms with van der Waals surface area (Å²) in [5.41, 5.74) is 5.18. The van der Waals surface area contributed by atoms with Crippen molar-refractivity contribution in [3.63, 3.8) is 0 Å². The molecule has 0 spiro atoms. The predicted molar refractivity (Wildman–Crippen MR) is 92.3 cm³/mol. The van der Waals surface area contributed by atoms with Gasteiger partial charge in [-0.1, -0.05) is 48.5 Å². The van der Waals surface area contributed by atoms with Crippen molar-refractivity contribution < 1.29 is 9.90 Å². The Kier molecular flexibility index (Phi) is 4.77. The minimum Gasteiger partial charge on any atom is -0.481 e. The van der Waals surface area contributed by atoms with E-state index >= 15 is 0 Å². The van der Waals surface area contributed by atoms with Gasteiger partial charge in [-0.3, -0.25) is 9.69 Å². The minimum atomic E-state index is -0.646. The average Bonchev–Trinajstić information content (AvgIpc) is 2.58. The molecule has 2 aromatic carbocycles. The first-order chi connectivity index (χ1) is 11.1. The molecule has 0 unspecified atom stereocenters. The Labute approximate surface area is 137 Å². The Bertz CT molecular complexity index is 673. The zero-order valence-electron chi connectivity index (χ0n) is 13.5. The van der Waals surface area contributed by atoms with Gasteiger partial charge in [-0.2, -0.15) is 0 Å². The van der Waals surface area contributed by atoms with Gasteiger partial charge in [-0.05, 0) is 55.1 Å². The van der Waals surface area contributed by atoms with E-state index in [1.54, 1.807) is 0 Å². The van der Waals surface area contributed by atoms with Gasteiger partial charge in [-0.25, -0.2) is 0 Å². The third-order valence-electron chi connectivity index (χ3n) is 4.86. The summed E-state index contributed by atoms with van der Waals surface area (Å²) in [4.78, 5) is 13.4. The second-order valence-electron chi connectivity index (χ2n) is 6.34. The molecule has 0 radical (unpaired) electrons. The zero-order chi connectivity index (χ0) is 16.2. The van der Waals surface area contributed by atoms with Gasteiger partial charge in [-0.15, -0.1) is 0 Å². The molecule has 120 valence electrons. The number of nitrogens with zero attached hydrogens (tertiary/aromatic N) is 1. The molecule has 0 amide bonds. The van der Waals surface area contributed by atoms with Crippen molar-refractivity contribution in [2.45, 2.75) is 26.3 Å². The predicted octanol–water partition coefficient (Wildman–Crippen LogP) is 3.96. The standard InChI is InChI=1S/C20H23NO2/c1-15-18(14-21-12-10-17(11-13-21)20(22)23)8-5-9-19(15)16-6-3-2-4-7-16/h2-9,17H,10-14H2,1H3,(H,22,23). The van der Waals surface area contributed by atoms with E-state index in [2.05, 4.69) is 54.3 Å². The fourth-order valence-electron chi connectivity index (χ4n) is 3.36. The van der Waals surface area contributed by atoms with E-state index < -0.39 is 5.97 Å². The Morgan fingerprint density at radius 1 is 1.09 bits per heavy atom. The number of aliphatic carboxylic acids is 1. The maximum Gasteiger partial charge on any atom is 0.306 e. The molecule has 1 heterocycles. The summed E-state index contributed by atoms with van der Waals surface area (Å²) in [7, 11) is 0. The zero-order valence-corrected chi connectivity index (χ0v) is 13.5. The molecule has 0 saturated carbocycles. The normalized spacial score (nSPS) is 16.4. The third kappa shape index (κ3) is 3.62. The number of hydrogen-bond donors (Lipinski definition) is 1. The summed E-state index contributed by atoms with van der Waals surface area (Å²) in [5, 5.41) is 9.10. The Hall–Kier alpha value is -2.13. The summed E-state index contributed by atoms with van der Waals surface area (Å²) in [6, 6.07) is 16.9. The number of likely N-dealkylation sites (tertiary alicyclic amines) is 1. The Balaban J connectivity index is 1.73. The van der Waals surface area contributed by atoms with Gasteiger partial charge < -0.3 is 5.11 Å². The lowest BCUT2D eigenvalue weighted by atomic mass is 9.94. The highest BCUT2D eigenvalue weighted by atomic mass is 16.4. The summed E-state index contributed by atoms with van der Waals surface area (Å²) >= 11 is 0. The molecule has 1 aliphatic rings. The monoisotopic (exact) mass is 309 g/mol. The Morgan fingerprint density at radius 2 is 1.78 bits per heavy atom. The summed E-state index contributed by atoms with van der Waals surface area (Å²) in [6.45, 7) is 4.82. The van der Waals surface area contributed by atoms with Crippen molar-refractivity contribution in [2.24, 2.45) is 5.92 Å². The molecule has 1 fully saturated rings. The molecule has 3 rings (SSSR count). The second-order valence-corrected chi connectivity index (χ2v) is 6.34. The number of piperidine rings is 1. The number of carboxylic acid groups (broad SMARTS) is 1. The van der Waals surface area contributed by atoms with Crippen molar-refractivity contribution in [2.75, 3.05) is 13.1 Å². The number of carboxylic acids is 1. The maximum absolute atomic E-state index is 11.1. The molecule has 0 atom stereocenters. The minimum absolute atomic E-state index is 0.164. The van der Waals surface area contributed by atoms with Crippen molar-refractivity contribution >= 4 is 5.97 Å². The second kappa shape index (κ2) is 6.97. The number of benzene rings is 2. The van der Waals surface area contributed by atoms with Gasteiger partial charge in [0.25, 0.3) is 0 Å². The van der Waals surface area contributed by atoms with Gasteiger partial charge in [0, 0.05) is 6.54 Å². The molecule has 0 aromatic heterocycles. The van der Waals surface area contributed by atoms with E-state index in [0.29, 0.717) is 0 Å². The molecule has 0 bridgehead atoms. The summed E-state index contributed by atoms with van der Waals surface area (Å²) in [5.74, 6) is -0.810. The van der Waals surface area contributed by atoms with Crippen LogP contribution in [-0.4, -0.2) is 29.1 Å². The lowest BCUT2D eigenvalue weighted by molar-refractivity contribution is -0.143. The Morgan fingerprint density at radius 3 is 2.43 bits per heavy atom. The number of hydrogen-bond acceptors (Lipinski definition) is 2. The van der Waals surface area contributed by atoms with E-state index in [1.165, 1.54) is 22.3 Å². The van der Waals surface area contributed by atoms with E-state index in [0.717, 1.165) is 32.5 Å². The summed E-state index contributed by atoms with van der Waals surface area (Å²) < 4.78 is 0. The third-order valence-corrected chi connectivity index (χ3v) is 4.86. The molecular formula is C20H23NO2. The van der Waals surface area contributed by atoms with Crippen LogP contribution in [0.3, 0.4) is 0 Å². The van der Waals surface area contributed by atoms with Crippen LogP contribution < -0.4 is 0 Å². The molecule has 1 N–H and O–H groups in total. The quantitative estimate of drug-likeness (QED) is 0.929. The molecule has 1 aliphatic heterocycles. The lowest BCUT2D eigenvalue weighted by Gasteiger charge is -2.30. The largest absolute Gasteiger partial charge is 0.481 e. The van der Waals surface area contributed by atoms with Gasteiger partial charge in [0.2, 0.25) is 0 Å². The van der Waals surface area contributed by atoms with Crippen molar-refractivity contribution in [3.05, 3.63) is 59.7 Å². The van der Waals surface area contributed by atoms with Crippen LogP contribution in [0.15, 0.2) is 48.5 Å². The number of rotatable bonds is 4. The highest BCUT2D eigenvalue weighted by Crippen LogP contribution is 2.27. The van der Waals surface area contributed by atoms with E-state index in [-0.39, 0.29) is 5.92 Å². The average molecular weight is 309 g/mol. The smallest absolute Gasteiger partial charge is 0.306 e.